The van der Waals surface area contributed by atoms with Crippen LogP contribution in [0.15, 0.2) is 46.9 Å². The minimum absolute atomic E-state index is 0.0106. The summed E-state index contributed by atoms with van der Waals surface area (Å²) in [5.41, 5.74) is 1.67. The van der Waals surface area contributed by atoms with Crippen molar-refractivity contribution >= 4 is 28.5 Å². The molecule has 100 valence electrons. The van der Waals surface area contributed by atoms with Gasteiger partial charge in [0.25, 0.3) is 0 Å². The summed E-state index contributed by atoms with van der Waals surface area (Å²) in [5.74, 6) is -0.444. The van der Waals surface area contributed by atoms with E-state index in [1.54, 1.807) is 6.07 Å². The molecule has 0 N–H and O–H groups in total. The van der Waals surface area contributed by atoms with E-state index in [0.717, 1.165) is 0 Å². The largest absolute Gasteiger partial charge is 0.440 e. The molecule has 0 saturated heterocycles. The third-order valence-electron chi connectivity index (χ3n) is 2.89. The van der Waals surface area contributed by atoms with Gasteiger partial charge in [0.15, 0.2) is 11.4 Å². The molecule has 0 fully saturated rings. The molecule has 0 unspecified atom stereocenters. The van der Waals surface area contributed by atoms with E-state index in [9.17, 15) is 9.18 Å². The normalized spacial score (nSPS) is 10.9. The van der Waals surface area contributed by atoms with Crippen molar-refractivity contribution in [3.05, 3.63) is 64.8 Å². The Morgan fingerprint density at radius 2 is 2.05 bits per heavy atom. The second-order valence-corrected chi connectivity index (χ2v) is 4.71. The number of aromatic nitrogens is 1. The Balaban J connectivity index is 1.86. The molecule has 0 radical (unpaired) electrons. The molecular formula is C15H9ClFNO2. The SMILES string of the molecule is O=C(Cc1nc2ccccc2o1)c1ccc(F)c(Cl)c1. The maximum absolute atomic E-state index is 13.1. The molecule has 3 aromatic rings. The predicted molar refractivity (Wildman–Crippen MR) is 73.5 cm³/mol. The Labute approximate surface area is 119 Å². The van der Waals surface area contributed by atoms with Crippen LogP contribution in [0.2, 0.25) is 5.02 Å². The quantitative estimate of drug-likeness (QED) is 0.683. The molecule has 3 nitrogen and oxygen atoms in total. The van der Waals surface area contributed by atoms with Crippen molar-refractivity contribution in [2.24, 2.45) is 0 Å². The van der Waals surface area contributed by atoms with Crippen LogP contribution in [0, 0.1) is 5.82 Å². The van der Waals surface area contributed by atoms with Crippen LogP contribution in [0.5, 0.6) is 0 Å². The van der Waals surface area contributed by atoms with Crippen molar-refractivity contribution < 1.29 is 13.6 Å². The number of carbonyl (C=O) groups excluding carboxylic acids is 1. The van der Waals surface area contributed by atoms with Gasteiger partial charge in [0.1, 0.15) is 11.3 Å². The van der Waals surface area contributed by atoms with Crippen LogP contribution in [0.25, 0.3) is 11.1 Å². The summed E-state index contributed by atoms with van der Waals surface area (Å²) < 4.78 is 18.5. The van der Waals surface area contributed by atoms with Gasteiger partial charge in [-0.25, -0.2) is 9.37 Å². The molecule has 20 heavy (non-hydrogen) atoms. The number of oxazole rings is 1. The van der Waals surface area contributed by atoms with Crippen LogP contribution < -0.4 is 0 Å². The number of hydrogen-bond acceptors (Lipinski definition) is 3. The minimum Gasteiger partial charge on any atom is -0.440 e. The van der Waals surface area contributed by atoms with Gasteiger partial charge in [0, 0.05) is 5.56 Å². The first-order valence-corrected chi connectivity index (χ1v) is 6.34. The number of carbonyl (C=O) groups is 1. The molecule has 0 aliphatic rings. The summed E-state index contributed by atoms with van der Waals surface area (Å²) in [4.78, 5) is 16.3. The number of halogens is 2. The average Bonchev–Trinajstić information content (AvgIpc) is 2.83. The number of nitrogens with zero attached hydrogens (tertiary/aromatic N) is 1. The summed E-state index contributed by atoms with van der Waals surface area (Å²) in [6, 6.07) is 11.1. The fourth-order valence-corrected chi connectivity index (χ4v) is 2.09. The number of para-hydroxylation sites is 2. The molecule has 0 saturated carbocycles. The lowest BCUT2D eigenvalue weighted by Gasteiger charge is -2.00. The molecule has 1 aromatic heterocycles. The Kier molecular flexibility index (Phi) is 3.24. The maximum Gasteiger partial charge on any atom is 0.203 e. The molecule has 0 amide bonds. The van der Waals surface area contributed by atoms with Crippen LogP contribution in [-0.4, -0.2) is 10.8 Å². The third-order valence-corrected chi connectivity index (χ3v) is 3.18. The number of hydrogen-bond donors (Lipinski definition) is 0. The maximum atomic E-state index is 13.1. The Morgan fingerprint density at radius 3 is 2.80 bits per heavy atom. The van der Waals surface area contributed by atoms with E-state index in [1.807, 2.05) is 18.2 Å². The van der Waals surface area contributed by atoms with Gasteiger partial charge in [-0.3, -0.25) is 4.79 Å². The van der Waals surface area contributed by atoms with Gasteiger partial charge in [0.2, 0.25) is 5.89 Å². The first kappa shape index (κ1) is 12.8. The van der Waals surface area contributed by atoms with Crippen molar-refractivity contribution in [1.29, 1.82) is 0 Å². The van der Waals surface area contributed by atoms with Gasteiger partial charge in [-0.15, -0.1) is 0 Å². The van der Waals surface area contributed by atoms with E-state index >= 15 is 0 Å². The fourth-order valence-electron chi connectivity index (χ4n) is 1.90. The number of Topliss-reactive ketones (excluding diaryl/α,β-unsaturated/α-hetero) is 1. The zero-order chi connectivity index (χ0) is 14.1. The lowest BCUT2D eigenvalue weighted by atomic mass is 10.1. The Bertz CT molecular complexity index is 764. The molecule has 5 heteroatoms. The summed E-state index contributed by atoms with van der Waals surface area (Å²) in [6.45, 7) is 0. The van der Waals surface area contributed by atoms with Crippen molar-refractivity contribution in [3.8, 4) is 0 Å². The van der Waals surface area contributed by atoms with Gasteiger partial charge in [-0.1, -0.05) is 23.7 Å². The highest BCUT2D eigenvalue weighted by molar-refractivity contribution is 6.31. The zero-order valence-electron chi connectivity index (χ0n) is 10.3. The van der Waals surface area contributed by atoms with Crippen LogP contribution in [0.4, 0.5) is 4.39 Å². The Morgan fingerprint density at radius 1 is 1.25 bits per heavy atom. The second kappa shape index (κ2) is 5.06. The van der Waals surface area contributed by atoms with Crippen molar-refractivity contribution in [3.63, 3.8) is 0 Å². The van der Waals surface area contributed by atoms with E-state index in [4.69, 9.17) is 16.0 Å². The number of benzene rings is 2. The molecule has 0 atom stereocenters. The summed E-state index contributed by atoms with van der Waals surface area (Å²) in [7, 11) is 0. The molecular weight excluding hydrogens is 281 g/mol. The van der Waals surface area contributed by atoms with Gasteiger partial charge in [-0.05, 0) is 30.3 Å². The van der Waals surface area contributed by atoms with Gasteiger partial charge in [-0.2, -0.15) is 0 Å². The number of ketones is 1. The van der Waals surface area contributed by atoms with Gasteiger partial charge in [0.05, 0.1) is 11.4 Å². The summed E-state index contributed by atoms with van der Waals surface area (Å²) >= 11 is 5.66. The first-order chi connectivity index (χ1) is 9.63. The van der Waals surface area contributed by atoms with E-state index in [-0.39, 0.29) is 17.2 Å². The Hall–Kier alpha value is -2.20. The second-order valence-electron chi connectivity index (χ2n) is 4.30. The lowest BCUT2D eigenvalue weighted by Crippen LogP contribution is -2.04. The molecule has 0 bridgehead atoms. The van der Waals surface area contributed by atoms with Crippen molar-refractivity contribution in [2.75, 3.05) is 0 Å². The molecule has 0 aliphatic carbocycles. The molecule has 0 spiro atoms. The first-order valence-electron chi connectivity index (χ1n) is 5.96. The average molecular weight is 290 g/mol. The third kappa shape index (κ3) is 2.42. The summed E-state index contributed by atoms with van der Waals surface area (Å²) in [5, 5.41) is -0.0755. The van der Waals surface area contributed by atoms with Crippen LogP contribution in [0.1, 0.15) is 16.2 Å². The van der Waals surface area contributed by atoms with Crippen molar-refractivity contribution in [1.82, 2.24) is 4.98 Å². The lowest BCUT2D eigenvalue weighted by molar-refractivity contribution is 0.0986. The predicted octanol–water partition coefficient (Wildman–Crippen LogP) is 4.05. The van der Waals surface area contributed by atoms with E-state index < -0.39 is 5.82 Å². The molecule has 0 aliphatic heterocycles. The number of fused-ring (bicyclic) bond motifs is 1. The van der Waals surface area contributed by atoms with Crippen molar-refractivity contribution in [2.45, 2.75) is 6.42 Å². The highest BCUT2D eigenvalue weighted by Crippen LogP contribution is 2.19. The molecule has 3 rings (SSSR count). The molecule has 1 heterocycles. The van der Waals surface area contributed by atoms with Crippen LogP contribution >= 0.6 is 11.6 Å². The van der Waals surface area contributed by atoms with E-state index in [2.05, 4.69) is 4.98 Å². The van der Waals surface area contributed by atoms with Crippen LogP contribution in [-0.2, 0) is 6.42 Å². The fraction of sp³-hybridized carbons (Fsp3) is 0.0667. The number of rotatable bonds is 3. The molecule has 2 aromatic carbocycles. The highest BCUT2D eigenvalue weighted by Gasteiger charge is 2.13. The zero-order valence-corrected chi connectivity index (χ0v) is 11.0. The topological polar surface area (TPSA) is 43.1 Å². The standard InChI is InChI=1S/C15H9ClFNO2/c16-10-7-9(5-6-11(10)17)13(19)8-15-18-12-3-1-2-4-14(12)20-15/h1-7H,8H2. The van der Waals surface area contributed by atoms with Gasteiger partial charge < -0.3 is 4.42 Å². The smallest absolute Gasteiger partial charge is 0.203 e. The van der Waals surface area contributed by atoms with E-state index in [0.29, 0.717) is 22.6 Å². The van der Waals surface area contributed by atoms with Crippen LogP contribution in [0.3, 0.4) is 0 Å². The van der Waals surface area contributed by atoms with Gasteiger partial charge >= 0.3 is 0 Å². The minimum atomic E-state index is -0.551. The highest BCUT2D eigenvalue weighted by atomic mass is 35.5. The monoisotopic (exact) mass is 289 g/mol. The summed E-state index contributed by atoms with van der Waals surface area (Å²) in [6.07, 6.45) is 0.0106. The van der Waals surface area contributed by atoms with E-state index in [1.165, 1.54) is 18.2 Å².